The third-order valence-electron chi connectivity index (χ3n) is 6.12. The number of hydrogen-bond acceptors (Lipinski definition) is 6. The smallest absolute Gasteiger partial charge is 0.131 e. The standard InChI is InChI=1S/C28H31FN4O3/c1-18(21-12-24(34-3)15-25(13-21)35-4)31-16-23-10-20(17-33-9-8-30-19(33)2)11-27(32-23)26-7-6-22(29)14-28(26)36-5/h6-15,18,31H,16-17H2,1-5H3. The first kappa shape index (κ1) is 25.2. The van der Waals surface area contributed by atoms with E-state index in [1.54, 1.807) is 26.5 Å². The molecule has 0 fully saturated rings. The molecule has 0 spiro atoms. The Hall–Kier alpha value is -3.91. The van der Waals surface area contributed by atoms with Gasteiger partial charge in [-0.25, -0.2) is 9.37 Å². The molecule has 1 N–H and O–H groups in total. The second-order valence-electron chi connectivity index (χ2n) is 8.55. The number of halogens is 1. The van der Waals surface area contributed by atoms with Crippen LogP contribution in [0.15, 0.2) is 60.9 Å². The maximum absolute atomic E-state index is 13.8. The van der Waals surface area contributed by atoms with Crippen molar-refractivity contribution in [2.45, 2.75) is 33.0 Å². The molecular formula is C28H31FN4O3. The summed E-state index contributed by atoms with van der Waals surface area (Å²) in [6.45, 7) is 5.21. The third-order valence-corrected chi connectivity index (χ3v) is 6.12. The average molecular weight is 491 g/mol. The number of pyridine rings is 1. The van der Waals surface area contributed by atoms with Crippen LogP contribution in [0.25, 0.3) is 11.3 Å². The predicted octanol–water partition coefficient (Wildman–Crippen LogP) is 5.32. The normalized spacial score (nSPS) is 11.8. The van der Waals surface area contributed by atoms with Gasteiger partial charge in [-0.3, -0.25) is 4.98 Å². The van der Waals surface area contributed by atoms with E-state index in [4.69, 9.17) is 19.2 Å². The molecule has 2 aromatic carbocycles. The van der Waals surface area contributed by atoms with Gasteiger partial charge in [0.1, 0.15) is 28.9 Å². The van der Waals surface area contributed by atoms with Gasteiger partial charge in [0.25, 0.3) is 0 Å². The molecule has 4 aromatic rings. The zero-order chi connectivity index (χ0) is 25.7. The third kappa shape index (κ3) is 5.83. The van der Waals surface area contributed by atoms with E-state index in [0.717, 1.165) is 45.4 Å². The molecular weight excluding hydrogens is 459 g/mol. The number of rotatable bonds is 10. The molecule has 1 atom stereocenters. The predicted molar refractivity (Wildman–Crippen MR) is 137 cm³/mol. The zero-order valence-corrected chi connectivity index (χ0v) is 21.2. The van der Waals surface area contributed by atoms with Gasteiger partial charge in [0, 0.05) is 49.2 Å². The molecule has 0 aliphatic rings. The highest BCUT2D eigenvalue weighted by Crippen LogP contribution is 2.31. The summed E-state index contributed by atoms with van der Waals surface area (Å²) in [5.41, 5.74) is 4.40. The van der Waals surface area contributed by atoms with E-state index in [0.29, 0.717) is 18.8 Å². The van der Waals surface area contributed by atoms with Gasteiger partial charge in [-0.1, -0.05) is 0 Å². The van der Waals surface area contributed by atoms with E-state index < -0.39 is 0 Å². The number of hydrogen-bond donors (Lipinski definition) is 1. The monoisotopic (exact) mass is 490 g/mol. The lowest BCUT2D eigenvalue weighted by Gasteiger charge is -2.18. The molecule has 0 amide bonds. The molecule has 188 valence electrons. The molecule has 36 heavy (non-hydrogen) atoms. The summed E-state index contributed by atoms with van der Waals surface area (Å²) in [6.07, 6.45) is 3.73. The van der Waals surface area contributed by atoms with E-state index in [-0.39, 0.29) is 11.9 Å². The summed E-state index contributed by atoms with van der Waals surface area (Å²) < 4.78 is 32.2. The van der Waals surface area contributed by atoms with E-state index in [2.05, 4.69) is 27.9 Å². The van der Waals surface area contributed by atoms with Crippen LogP contribution in [-0.4, -0.2) is 35.9 Å². The van der Waals surface area contributed by atoms with Crippen LogP contribution in [0.4, 0.5) is 4.39 Å². The van der Waals surface area contributed by atoms with Gasteiger partial charge >= 0.3 is 0 Å². The van der Waals surface area contributed by atoms with Crippen LogP contribution in [-0.2, 0) is 13.1 Å². The first-order chi connectivity index (χ1) is 17.4. The number of imidazole rings is 1. The summed E-state index contributed by atoms with van der Waals surface area (Å²) in [4.78, 5) is 9.21. The van der Waals surface area contributed by atoms with E-state index >= 15 is 0 Å². The number of nitrogens with one attached hydrogen (secondary N) is 1. The summed E-state index contributed by atoms with van der Waals surface area (Å²) in [5, 5.41) is 3.55. The first-order valence-corrected chi connectivity index (χ1v) is 11.7. The van der Waals surface area contributed by atoms with Crippen molar-refractivity contribution in [3.63, 3.8) is 0 Å². The number of ether oxygens (including phenoxy) is 3. The van der Waals surface area contributed by atoms with Crippen LogP contribution < -0.4 is 19.5 Å². The number of benzene rings is 2. The number of aromatic nitrogens is 3. The molecule has 4 rings (SSSR count). The number of nitrogens with zero attached hydrogens (tertiary/aromatic N) is 3. The molecule has 8 heteroatoms. The molecule has 0 bridgehead atoms. The lowest BCUT2D eigenvalue weighted by Crippen LogP contribution is -2.19. The minimum atomic E-state index is -0.356. The highest BCUT2D eigenvalue weighted by molar-refractivity contribution is 5.68. The Balaban J connectivity index is 1.65. The molecule has 0 saturated heterocycles. The van der Waals surface area contributed by atoms with E-state index in [1.807, 2.05) is 37.4 Å². The van der Waals surface area contributed by atoms with Crippen molar-refractivity contribution < 1.29 is 18.6 Å². The van der Waals surface area contributed by atoms with Crippen molar-refractivity contribution >= 4 is 0 Å². The Bertz CT molecular complexity index is 1320. The SMILES string of the molecule is COc1cc(OC)cc(C(C)NCc2cc(Cn3ccnc3C)cc(-c3ccc(F)cc3OC)n2)c1. The van der Waals surface area contributed by atoms with Crippen LogP contribution in [0.2, 0.25) is 0 Å². The molecule has 0 saturated carbocycles. The van der Waals surface area contributed by atoms with Crippen molar-refractivity contribution in [1.82, 2.24) is 19.9 Å². The maximum Gasteiger partial charge on any atom is 0.131 e. The lowest BCUT2D eigenvalue weighted by molar-refractivity contribution is 0.392. The van der Waals surface area contributed by atoms with Crippen molar-refractivity contribution in [3.8, 4) is 28.5 Å². The topological polar surface area (TPSA) is 70.4 Å². The fourth-order valence-corrected chi connectivity index (χ4v) is 4.07. The van der Waals surface area contributed by atoms with Crippen molar-refractivity contribution in [1.29, 1.82) is 0 Å². The number of aryl methyl sites for hydroxylation is 1. The fraction of sp³-hybridized carbons (Fsp3) is 0.286. The van der Waals surface area contributed by atoms with Crippen LogP contribution in [0, 0.1) is 12.7 Å². The van der Waals surface area contributed by atoms with Crippen molar-refractivity contribution in [2.24, 2.45) is 0 Å². The Kier molecular flexibility index (Phi) is 7.85. The van der Waals surface area contributed by atoms with Crippen LogP contribution >= 0.6 is 0 Å². The highest BCUT2D eigenvalue weighted by atomic mass is 19.1. The van der Waals surface area contributed by atoms with Gasteiger partial charge in [0.15, 0.2) is 0 Å². The Labute approximate surface area is 210 Å². The summed E-state index contributed by atoms with van der Waals surface area (Å²) in [5.74, 6) is 2.48. The van der Waals surface area contributed by atoms with Crippen LogP contribution in [0.3, 0.4) is 0 Å². The Morgan fingerprint density at radius 2 is 1.72 bits per heavy atom. The van der Waals surface area contributed by atoms with Gasteiger partial charge in [-0.15, -0.1) is 0 Å². The molecule has 0 radical (unpaired) electrons. The van der Waals surface area contributed by atoms with Gasteiger partial charge in [-0.2, -0.15) is 0 Å². The number of methoxy groups -OCH3 is 3. The summed E-state index contributed by atoms with van der Waals surface area (Å²) in [7, 11) is 4.81. The second-order valence-corrected chi connectivity index (χ2v) is 8.55. The van der Waals surface area contributed by atoms with Gasteiger partial charge in [-0.05, 0) is 61.4 Å². The average Bonchev–Trinajstić information content (AvgIpc) is 3.30. The fourth-order valence-electron chi connectivity index (χ4n) is 4.07. The van der Waals surface area contributed by atoms with Gasteiger partial charge < -0.3 is 24.1 Å². The first-order valence-electron chi connectivity index (χ1n) is 11.7. The quantitative estimate of drug-likeness (QED) is 0.325. The Morgan fingerprint density at radius 3 is 2.36 bits per heavy atom. The zero-order valence-electron chi connectivity index (χ0n) is 21.2. The van der Waals surface area contributed by atoms with E-state index in [1.165, 1.54) is 19.2 Å². The summed E-state index contributed by atoms with van der Waals surface area (Å²) in [6, 6.07) is 14.4. The lowest BCUT2D eigenvalue weighted by atomic mass is 10.1. The minimum absolute atomic E-state index is 0.0131. The second kappa shape index (κ2) is 11.2. The maximum atomic E-state index is 13.8. The largest absolute Gasteiger partial charge is 0.497 e. The molecule has 1 unspecified atom stereocenters. The molecule has 0 aliphatic heterocycles. The molecule has 0 aliphatic carbocycles. The van der Waals surface area contributed by atoms with E-state index in [9.17, 15) is 4.39 Å². The van der Waals surface area contributed by atoms with Crippen molar-refractivity contribution in [3.05, 3.63) is 89.4 Å². The van der Waals surface area contributed by atoms with Gasteiger partial charge in [0.05, 0.1) is 32.7 Å². The minimum Gasteiger partial charge on any atom is -0.497 e. The van der Waals surface area contributed by atoms with Crippen molar-refractivity contribution in [2.75, 3.05) is 21.3 Å². The van der Waals surface area contributed by atoms with Crippen LogP contribution in [0.1, 0.15) is 35.6 Å². The summed E-state index contributed by atoms with van der Waals surface area (Å²) >= 11 is 0. The van der Waals surface area contributed by atoms with Gasteiger partial charge in [0.2, 0.25) is 0 Å². The van der Waals surface area contributed by atoms with Crippen LogP contribution in [0.5, 0.6) is 17.2 Å². The molecule has 2 heterocycles. The highest BCUT2D eigenvalue weighted by Gasteiger charge is 2.14. The molecule has 7 nitrogen and oxygen atoms in total. The Morgan fingerprint density at radius 1 is 0.972 bits per heavy atom. The molecule has 2 aromatic heterocycles.